The quantitative estimate of drug-likeness (QED) is 0.730. The maximum atomic E-state index is 12.0. The predicted octanol–water partition coefficient (Wildman–Crippen LogP) is 0.341. The van der Waals surface area contributed by atoms with Crippen LogP contribution < -0.4 is 11.1 Å². The first-order chi connectivity index (χ1) is 9.19. The van der Waals surface area contributed by atoms with Gasteiger partial charge in [-0.15, -0.1) is 0 Å². The maximum Gasteiger partial charge on any atom is 0.249 e. The molecule has 2 heterocycles. The molecule has 0 aromatic rings. The number of ether oxygens (including phenoxy) is 1. The van der Waals surface area contributed by atoms with Crippen molar-refractivity contribution >= 4 is 5.91 Å². The first kappa shape index (κ1) is 14.8. The zero-order valence-corrected chi connectivity index (χ0v) is 11.9. The van der Waals surface area contributed by atoms with Crippen molar-refractivity contribution < 1.29 is 9.53 Å². The fraction of sp³-hybridized carbons (Fsp3) is 0.929. The summed E-state index contributed by atoms with van der Waals surface area (Å²) in [6.07, 6.45) is 4.11. The van der Waals surface area contributed by atoms with Gasteiger partial charge in [0.25, 0.3) is 0 Å². The molecule has 2 fully saturated rings. The lowest BCUT2D eigenvalue weighted by molar-refractivity contribution is -0.132. The van der Waals surface area contributed by atoms with E-state index in [1.54, 1.807) is 0 Å². The van der Waals surface area contributed by atoms with Gasteiger partial charge in [0, 0.05) is 19.6 Å². The lowest BCUT2D eigenvalue weighted by Crippen LogP contribution is -2.39. The molecule has 19 heavy (non-hydrogen) atoms. The molecule has 3 N–H and O–H groups in total. The monoisotopic (exact) mass is 269 g/mol. The Hall–Kier alpha value is -0.650. The summed E-state index contributed by atoms with van der Waals surface area (Å²) in [5, 5.41) is 3.01. The molecule has 3 unspecified atom stereocenters. The van der Waals surface area contributed by atoms with Gasteiger partial charge < -0.3 is 20.7 Å². The van der Waals surface area contributed by atoms with Gasteiger partial charge in [-0.3, -0.25) is 4.79 Å². The van der Waals surface area contributed by atoms with E-state index in [0.717, 1.165) is 25.9 Å². The Morgan fingerprint density at radius 1 is 1.42 bits per heavy atom. The van der Waals surface area contributed by atoms with Crippen LogP contribution >= 0.6 is 0 Å². The van der Waals surface area contributed by atoms with Gasteiger partial charge in [0.15, 0.2) is 0 Å². The van der Waals surface area contributed by atoms with Gasteiger partial charge in [0.1, 0.15) is 6.10 Å². The van der Waals surface area contributed by atoms with Crippen LogP contribution in [0.3, 0.4) is 0 Å². The van der Waals surface area contributed by atoms with Crippen LogP contribution in [0.2, 0.25) is 0 Å². The molecule has 0 aromatic carbocycles. The molecule has 0 aromatic heterocycles. The third-order valence-electron chi connectivity index (χ3n) is 4.06. The van der Waals surface area contributed by atoms with Gasteiger partial charge in [0.05, 0.1) is 6.10 Å². The average molecular weight is 269 g/mol. The molecular formula is C14H27N3O2. The minimum Gasteiger partial charge on any atom is -0.364 e. The van der Waals surface area contributed by atoms with E-state index in [1.165, 1.54) is 25.9 Å². The van der Waals surface area contributed by atoms with E-state index in [9.17, 15) is 4.79 Å². The van der Waals surface area contributed by atoms with E-state index < -0.39 is 0 Å². The van der Waals surface area contributed by atoms with Gasteiger partial charge >= 0.3 is 0 Å². The summed E-state index contributed by atoms with van der Waals surface area (Å²) in [5.41, 5.74) is 5.55. The second-order valence-electron chi connectivity index (χ2n) is 5.92. The molecule has 2 aliphatic heterocycles. The molecule has 5 heteroatoms. The minimum absolute atomic E-state index is 0.0317. The van der Waals surface area contributed by atoms with E-state index in [1.807, 2.05) is 0 Å². The number of rotatable bonds is 6. The van der Waals surface area contributed by atoms with Crippen molar-refractivity contribution in [1.82, 2.24) is 10.2 Å². The second kappa shape index (κ2) is 7.22. The SMILES string of the molecule is CC(CNC(=O)C1CCC(CN)O1)CN1CCCC1. The first-order valence-electron chi connectivity index (χ1n) is 7.54. The number of nitrogens with one attached hydrogen (secondary N) is 1. The zero-order valence-electron chi connectivity index (χ0n) is 11.9. The lowest BCUT2D eigenvalue weighted by Gasteiger charge is -2.21. The Morgan fingerprint density at radius 2 is 2.16 bits per heavy atom. The molecule has 2 aliphatic rings. The van der Waals surface area contributed by atoms with Crippen molar-refractivity contribution in [3.63, 3.8) is 0 Å². The topological polar surface area (TPSA) is 67.6 Å². The molecule has 0 saturated carbocycles. The highest BCUT2D eigenvalue weighted by Gasteiger charge is 2.29. The normalized spacial score (nSPS) is 29.6. The number of hydrogen-bond donors (Lipinski definition) is 2. The summed E-state index contributed by atoms with van der Waals surface area (Å²) in [5.74, 6) is 0.526. The smallest absolute Gasteiger partial charge is 0.249 e. The standard InChI is InChI=1S/C14H27N3O2/c1-11(10-17-6-2-3-7-17)9-16-14(18)13-5-4-12(8-15)19-13/h11-13H,2-10,15H2,1H3,(H,16,18). The summed E-state index contributed by atoms with van der Waals surface area (Å²) in [6.45, 7) is 6.94. The highest BCUT2D eigenvalue weighted by atomic mass is 16.5. The largest absolute Gasteiger partial charge is 0.364 e. The first-order valence-corrected chi connectivity index (χ1v) is 7.54. The van der Waals surface area contributed by atoms with E-state index in [0.29, 0.717) is 12.5 Å². The Morgan fingerprint density at radius 3 is 2.79 bits per heavy atom. The van der Waals surface area contributed by atoms with Crippen molar-refractivity contribution in [2.24, 2.45) is 11.7 Å². The lowest BCUT2D eigenvalue weighted by atomic mass is 10.1. The van der Waals surface area contributed by atoms with Gasteiger partial charge in [-0.05, 0) is 44.7 Å². The summed E-state index contributed by atoms with van der Waals surface area (Å²) < 4.78 is 5.59. The van der Waals surface area contributed by atoms with E-state index in [-0.39, 0.29) is 18.1 Å². The minimum atomic E-state index is -0.285. The number of hydrogen-bond acceptors (Lipinski definition) is 4. The highest BCUT2D eigenvalue weighted by molar-refractivity contribution is 5.81. The molecule has 110 valence electrons. The molecule has 2 saturated heterocycles. The van der Waals surface area contributed by atoms with Gasteiger partial charge in [0.2, 0.25) is 5.91 Å². The molecule has 0 radical (unpaired) electrons. The molecule has 0 bridgehead atoms. The summed E-state index contributed by atoms with van der Waals surface area (Å²) in [4.78, 5) is 14.4. The van der Waals surface area contributed by atoms with Crippen LogP contribution in [0, 0.1) is 5.92 Å². The fourth-order valence-corrected chi connectivity index (χ4v) is 2.93. The number of likely N-dealkylation sites (tertiary alicyclic amines) is 1. The van der Waals surface area contributed by atoms with Crippen LogP contribution in [0.4, 0.5) is 0 Å². The van der Waals surface area contributed by atoms with Gasteiger partial charge in [-0.2, -0.15) is 0 Å². The van der Waals surface area contributed by atoms with Gasteiger partial charge in [-0.25, -0.2) is 0 Å². The van der Waals surface area contributed by atoms with Crippen molar-refractivity contribution in [3.8, 4) is 0 Å². The van der Waals surface area contributed by atoms with Gasteiger partial charge in [-0.1, -0.05) is 6.92 Å². The number of nitrogens with zero attached hydrogens (tertiary/aromatic N) is 1. The molecule has 3 atom stereocenters. The fourth-order valence-electron chi connectivity index (χ4n) is 2.93. The number of nitrogens with two attached hydrogens (primary N) is 1. The third kappa shape index (κ3) is 4.44. The molecule has 5 nitrogen and oxygen atoms in total. The van der Waals surface area contributed by atoms with Crippen LogP contribution in [0.5, 0.6) is 0 Å². The van der Waals surface area contributed by atoms with E-state index in [2.05, 4.69) is 17.1 Å². The van der Waals surface area contributed by atoms with Crippen molar-refractivity contribution in [2.75, 3.05) is 32.7 Å². The molecule has 1 amide bonds. The predicted molar refractivity (Wildman–Crippen MR) is 74.8 cm³/mol. The Kier molecular flexibility index (Phi) is 5.60. The molecule has 0 spiro atoms. The summed E-state index contributed by atoms with van der Waals surface area (Å²) in [7, 11) is 0. The maximum absolute atomic E-state index is 12.0. The summed E-state index contributed by atoms with van der Waals surface area (Å²) in [6, 6.07) is 0. The van der Waals surface area contributed by atoms with Crippen molar-refractivity contribution in [3.05, 3.63) is 0 Å². The van der Waals surface area contributed by atoms with Crippen LogP contribution in [0.1, 0.15) is 32.6 Å². The Balaban J connectivity index is 1.62. The number of carbonyl (C=O) groups excluding carboxylic acids is 1. The van der Waals surface area contributed by atoms with E-state index in [4.69, 9.17) is 10.5 Å². The second-order valence-corrected chi connectivity index (χ2v) is 5.92. The Labute approximate surface area is 115 Å². The highest BCUT2D eigenvalue weighted by Crippen LogP contribution is 2.19. The molecule has 0 aliphatic carbocycles. The molecular weight excluding hydrogens is 242 g/mol. The Bertz CT molecular complexity index is 292. The van der Waals surface area contributed by atoms with Crippen LogP contribution in [-0.4, -0.2) is 55.7 Å². The molecule has 2 rings (SSSR count). The number of amides is 1. The van der Waals surface area contributed by atoms with Crippen molar-refractivity contribution in [2.45, 2.75) is 44.8 Å². The van der Waals surface area contributed by atoms with Crippen molar-refractivity contribution in [1.29, 1.82) is 0 Å². The average Bonchev–Trinajstić information content (AvgIpc) is 3.06. The zero-order chi connectivity index (χ0) is 13.7. The van der Waals surface area contributed by atoms with Crippen LogP contribution in [0.25, 0.3) is 0 Å². The summed E-state index contributed by atoms with van der Waals surface area (Å²) >= 11 is 0. The van der Waals surface area contributed by atoms with E-state index >= 15 is 0 Å². The van der Waals surface area contributed by atoms with Crippen LogP contribution in [-0.2, 0) is 9.53 Å². The third-order valence-corrected chi connectivity index (χ3v) is 4.06. The number of carbonyl (C=O) groups is 1. The van der Waals surface area contributed by atoms with Crippen LogP contribution in [0.15, 0.2) is 0 Å².